The zero-order valence-electron chi connectivity index (χ0n) is 19.9. The number of carbonyl (C=O) groups excluding carboxylic acids is 1. The molecule has 6 heteroatoms. The van der Waals surface area contributed by atoms with Gasteiger partial charge in [0.25, 0.3) is 0 Å². The minimum absolute atomic E-state index is 0.0962. The topological polar surface area (TPSA) is 88.1 Å². The molecule has 1 unspecified atom stereocenters. The molecular weight excluding hydrogens is 426 g/mol. The summed E-state index contributed by atoms with van der Waals surface area (Å²) in [5.41, 5.74) is 6.60. The van der Waals surface area contributed by atoms with Crippen molar-refractivity contribution < 1.29 is 14.6 Å². The third-order valence-corrected chi connectivity index (χ3v) is 7.25. The van der Waals surface area contributed by atoms with Crippen LogP contribution in [0.5, 0.6) is 0 Å². The first-order chi connectivity index (χ1) is 16.6. The Morgan fingerprint density at radius 2 is 1.62 bits per heavy atom. The lowest BCUT2D eigenvalue weighted by molar-refractivity contribution is -0.181. The summed E-state index contributed by atoms with van der Waals surface area (Å²) in [5, 5.41) is 11.6. The van der Waals surface area contributed by atoms with Gasteiger partial charge in [0.1, 0.15) is 6.10 Å². The lowest BCUT2D eigenvalue weighted by Gasteiger charge is -2.36. The SMILES string of the molecule is NC(=NCCCc1ccccc1)N1CCC(OC(=O)C(O)(c2ccccc2)C2CCCC2)CC1. The number of ether oxygens (including phenoxy) is 1. The number of guanidine groups is 1. The van der Waals surface area contributed by atoms with Gasteiger partial charge in [-0.05, 0) is 36.8 Å². The molecule has 1 saturated carbocycles. The van der Waals surface area contributed by atoms with Crippen molar-refractivity contribution in [3.8, 4) is 0 Å². The molecule has 34 heavy (non-hydrogen) atoms. The first-order valence-electron chi connectivity index (χ1n) is 12.6. The molecule has 4 rings (SSSR count). The number of carbonyl (C=O) groups is 1. The van der Waals surface area contributed by atoms with Crippen LogP contribution in [0.3, 0.4) is 0 Å². The van der Waals surface area contributed by atoms with Gasteiger partial charge in [-0.2, -0.15) is 0 Å². The van der Waals surface area contributed by atoms with Gasteiger partial charge in [-0.3, -0.25) is 4.99 Å². The van der Waals surface area contributed by atoms with E-state index in [-0.39, 0.29) is 12.0 Å². The Morgan fingerprint density at radius 1 is 1.00 bits per heavy atom. The van der Waals surface area contributed by atoms with Crippen LogP contribution in [-0.2, 0) is 21.6 Å². The van der Waals surface area contributed by atoms with Gasteiger partial charge in [-0.15, -0.1) is 0 Å². The second kappa shape index (κ2) is 11.5. The maximum absolute atomic E-state index is 13.3. The number of nitrogens with two attached hydrogens (primary N) is 1. The van der Waals surface area contributed by atoms with E-state index in [4.69, 9.17) is 10.5 Å². The highest BCUT2D eigenvalue weighted by Gasteiger charge is 2.48. The van der Waals surface area contributed by atoms with Crippen molar-refractivity contribution in [2.24, 2.45) is 16.6 Å². The first-order valence-corrected chi connectivity index (χ1v) is 12.6. The molecule has 0 spiro atoms. The summed E-state index contributed by atoms with van der Waals surface area (Å²) in [6, 6.07) is 19.7. The van der Waals surface area contributed by atoms with Gasteiger partial charge in [-0.1, -0.05) is 73.5 Å². The van der Waals surface area contributed by atoms with Gasteiger partial charge in [0, 0.05) is 38.4 Å². The second-order valence-corrected chi connectivity index (χ2v) is 9.53. The molecule has 182 valence electrons. The number of likely N-dealkylation sites (tertiary alicyclic amines) is 1. The zero-order valence-corrected chi connectivity index (χ0v) is 19.9. The van der Waals surface area contributed by atoms with Gasteiger partial charge in [-0.25, -0.2) is 4.79 Å². The van der Waals surface area contributed by atoms with E-state index in [1.54, 1.807) is 0 Å². The van der Waals surface area contributed by atoms with Crippen LogP contribution in [0.15, 0.2) is 65.7 Å². The molecule has 1 saturated heterocycles. The smallest absolute Gasteiger partial charge is 0.343 e. The second-order valence-electron chi connectivity index (χ2n) is 9.53. The van der Waals surface area contributed by atoms with E-state index in [0.29, 0.717) is 44.0 Å². The predicted octanol–water partition coefficient (Wildman–Crippen LogP) is 4.02. The van der Waals surface area contributed by atoms with Crippen molar-refractivity contribution >= 4 is 11.9 Å². The zero-order chi connectivity index (χ0) is 23.8. The maximum Gasteiger partial charge on any atom is 0.343 e. The number of esters is 1. The fourth-order valence-electron chi connectivity index (χ4n) is 5.22. The molecule has 1 aliphatic heterocycles. The first kappa shape index (κ1) is 24.3. The van der Waals surface area contributed by atoms with Gasteiger partial charge in [0.2, 0.25) is 0 Å². The van der Waals surface area contributed by atoms with E-state index in [2.05, 4.69) is 34.2 Å². The fraction of sp³-hybridized carbons (Fsp3) is 0.500. The molecule has 2 fully saturated rings. The summed E-state index contributed by atoms with van der Waals surface area (Å²) >= 11 is 0. The minimum Gasteiger partial charge on any atom is -0.460 e. The molecule has 1 heterocycles. The molecule has 2 aliphatic rings. The molecule has 0 amide bonds. The van der Waals surface area contributed by atoms with Crippen molar-refractivity contribution in [3.63, 3.8) is 0 Å². The Morgan fingerprint density at radius 3 is 2.26 bits per heavy atom. The van der Waals surface area contributed by atoms with Crippen LogP contribution in [0.1, 0.15) is 56.1 Å². The molecule has 0 radical (unpaired) electrons. The number of aliphatic imine (C=N–C) groups is 1. The number of hydrogen-bond acceptors (Lipinski definition) is 4. The summed E-state index contributed by atoms with van der Waals surface area (Å²) in [4.78, 5) is 19.9. The fourth-order valence-corrected chi connectivity index (χ4v) is 5.22. The molecular formula is C28H37N3O3. The van der Waals surface area contributed by atoms with E-state index < -0.39 is 11.6 Å². The Hall–Kier alpha value is -2.86. The van der Waals surface area contributed by atoms with E-state index in [9.17, 15) is 9.90 Å². The average molecular weight is 464 g/mol. The Balaban J connectivity index is 1.28. The predicted molar refractivity (Wildman–Crippen MR) is 134 cm³/mol. The van der Waals surface area contributed by atoms with Crippen LogP contribution in [0.2, 0.25) is 0 Å². The quantitative estimate of drug-likeness (QED) is 0.267. The van der Waals surface area contributed by atoms with Crippen LogP contribution in [0, 0.1) is 5.92 Å². The molecule has 1 aliphatic carbocycles. The van der Waals surface area contributed by atoms with E-state index >= 15 is 0 Å². The molecule has 1 atom stereocenters. The molecule has 0 aromatic heterocycles. The van der Waals surface area contributed by atoms with E-state index in [0.717, 1.165) is 38.5 Å². The number of aryl methyl sites for hydroxylation is 1. The van der Waals surface area contributed by atoms with Gasteiger partial charge < -0.3 is 20.5 Å². The number of benzene rings is 2. The number of nitrogens with zero attached hydrogens (tertiary/aromatic N) is 2. The van der Waals surface area contributed by atoms with Gasteiger partial charge in [0.05, 0.1) is 0 Å². The lowest BCUT2D eigenvalue weighted by atomic mass is 9.80. The number of piperidine rings is 1. The maximum atomic E-state index is 13.3. The van der Waals surface area contributed by atoms with Crippen molar-refractivity contribution in [2.75, 3.05) is 19.6 Å². The monoisotopic (exact) mass is 463 g/mol. The van der Waals surface area contributed by atoms with Crippen LogP contribution >= 0.6 is 0 Å². The van der Waals surface area contributed by atoms with Crippen LogP contribution in [0.4, 0.5) is 0 Å². The summed E-state index contributed by atoms with van der Waals surface area (Å²) in [7, 11) is 0. The number of aliphatic hydroxyl groups is 1. The van der Waals surface area contributed by atoms with Gasteiger partial charge in [0.15, 0.2) is 11.6 Å². The number of rotatable bonds is 8. The van der Waals surface area contributed by atoms with Crippen LogP contribution in [-0.4, -0.2) is 47.7 Å². The molecule has 2 aromatic rings. The van der Waals surface area contributed by atoms with E-state index in [1.165, 1.54) is 5.56 Å². The van der Waals surface area contributed by atoms with Crippen LogP contribution in [0.25, 0.3) is 0 Å². The van der Waals surface area contributed by atoms with Crippen LogP contribution < -0.4 is 5.73 Å². The summed E-state index contributed by atoms with van der Waals surface area (Å²) in [6.45, 7) is 2.08. The number of hydrogen-bond donors (Lipinski definition) is 2. The summed E-state index contributed by atoms with van der Waals surface area (Å²) in [5.74, 6) is -0.0441. The van der Waals surface area contributed by atoms with Crippen molar-refractivity contribution in [1.29, 1.82) is 0 Å². The molecule has 0 bridgehead atoms. The normalized spacial score (nSPS) is 19.7. The Labute approximate surface area is 202 Å². The Kier molecular flexibility index (Phi) is 8.22. The van der Waals surface area contributed by atoms with Crippen molar-refractivity contribution in [3.05, 3.63) is 71.8 Å². The van der Waals surface area contributed by atoms with Gasteiger partial charge >= 0.3 is 5.97 Å². The Bertz CT molecular complexity index is 936. The lowest BCUT2D eigenvalue weighted by Crippen LogP contribution is -2.48. The highest BCUT2D eigenvalue weighted by Crippen LogP contribution is 2.42. The third kappa shape index (κ3) is 5.79. The third-order valence-electron chi connectivity index (χ3n) is 7.25. The largest absolute Gasteiger partial charge is 0.460 e. The summed E-state index contributed by atoms with van der Waals surface area (Å²) < 4.78 is 5.90. The average Bonchev–Trinajstić information content (AvgIpc) is 3.43. The highest BCUT2D eigenvalue weighted by molar-refractivity contribution is 5.82. The molecule has 3 N–H and O–H groups in total. The highest BCUT2D eigenvalue weighted by atomic mass is 16.6. The van der Waals surface area contributed by atoms with Crippen molar-refractivity contribution in [1.82, 2.24) is 4.90 Å². The van der Waals surface area contributed by atoms with E-state index in [1.807, 2.05) is 36.4 Å². The standard InChI is InChI=1S/C28H37N3O3/c29-27(30-19-9-12-22-10-3-1-4-11-22)31-20-17-25(18-21-31)34-26(32)28(33,24-15-7-8-16-24)23-13-5-2-6-14-23/h1-6,10-11,13-14,24-25,33H,7-9,12,15-21H2,(H2,29,30). The minimum atomic E-state index is -1.58. The molecule has 2 aromatic carbocycles. The summed E-state index contributed by atoms with van der Waals surface area (Å²) in [6.07, 6.45) is 6.85. The molecule has 6 nitrogen and oxygen atoms in total. The van der Waals surface area contributed by atoms with Crippen molar-refractivity contribution in [2.45, 2.75) is 63.1 Å².